The van der Waals surface area contributed by atoms with Crippen LogP contribution >= 0.6 is 0 Å². The van der Waals surface area contributed by atoms with E-state index in [1.165, 1.54) is 11.1 Å². The van der Waals surface area contributed by atoms with Crippen LogP contribution < -0.4 is 14.2 Å². The maximum atomic E-state index is 12.4. The lowest BCUT2D eigenvalue weighted by Gasteiger charge is -2.32. The second kappa shape index (κ2) is 11.7. The van der Waals surface area contributed by atoms with E-state index in [0.717, 1.165) is 62.6 Å². The summed E-state index contributed by atoms with van der Waals surface area (Å²) in [5.41, 5.74) is 3.50. The first-order chi connectivity index (χ1) is 17.6. The molecule has 8 heteroatoms. The molecule has 0 saturated carbocycles. The predicted molar refractivity (Wildman–Crippen MR) is 132 cm³/mol. The van der Waals surface area contributed by atoms with Crippen molar-refractivity contribution < 1.29 is 23.0 Å². The number of pyridine rings is 1. The molecule has 6 nitrogen and oxygen atoms in total. The van der Waals surface area contributed by atoms with Gasteiger partial charge in [-0.3, -0.25) is 14.8 Å². The van der Waals surface area contributed by atoms with E-state index in [0.29, 0.717) is 13.2 Å². The highest BCUT2D eigenvalue weighted by Gasteiger charge is 2.22. The van der Waals surface area contributed by atoms with E-state index in [4.69, 9.17) is 9.47 Å². The Kier molecular flexibility index (Phi) is 7.93. The third-order valence-corrected chi connectivity index (χ3v) is 6.62. The fourth-order valence-corrected chi connectivity index (χ4v) is 4.82. The van der Waals surface area contributed by atoms with E-state index < -0.39 is 6.61 Å². The van der Waals surface area contributed by atoms with Crippen LogP contribution in [0.3, 0.4) is 0 Å². The summed E-state index contributed by atoms with van der Waals surface area (Å²) in [5.74, 6) is 1.95. The highest BCUT2D eigenvalue weighted by atomic mass is 19.3. The van der Waals surface area contributed by atoms with Crippen LogP contribution in [0.15, 0.2) is 67.0 Å². The summed E-state index contributed by atoms with van der Waals surface area (Å²) in [6.45, 7) is 2.99. The van der Waals surface area contributed by atoms with Crippen LogP contribution in [0.25, 0.3) is 0 Å². The fourth-order valence-electron chi connectivity index (χ4n) is 4.82. The summed E-state index contributed by atoms with van der Waals surface area (Å²) in [5, 5.41) is 0. The summed E-state index contributed by atoms with van der Waals surface area (Å²) in [7, 11) is 0. The zero-order chi connectivity index (χ0) is 24.7. The summed E-state index contributed by atoms with van der Waals surface area (Å²) in [6.07, 6.45) is 5.75. The van der Waals surface area contributed by atoms with Gasteiger partial charge in [-0.2, -0.15) is 8.78 Å². The monoisotopic (exact) mass is 495 g/mol. The van der Waals surface area contributed by atoms with Crippen LogP contribution in [0.4, 0.5) is 8.78 Å². The number of alkyl halides is 2. The number of ether oxygens (including phenoxy) is 3. The summed E-state index contributed by atoms with van der Waals surface area (Å²) < 4.78 is 41.3. The molecule has 3 aromatic rings. The Morgan fingerprint density at radius 2 is 1.69 bits per heavy atom. The Hall–Kier alpha value is -3.23. The molecule has 0 bridgehead atoms. The minimum atomic E-state index is -2.81. The Labute approximate surface area is 210 Å². The van der Waals surface area contributed by atoms with Crippen molar-refractivity contribution in [3.63, 3.8) is 0 Å². The molecule has 1 saturated heterocycles. The fraction of sp³-hybridized carbons (Fsp3) is 0.393. The van der Waals surface area contributed by atoms with Crippen LogP contribution in [-0.4, -0.2) is 53.7 Å². The number of halogens is 2. The highest BCUT2D eigenvalue weighted by Crippen LogP contribution is 2.27. The number of fused-ring (bicyclic) bond motifs is 1. The van der Waals surface area contributed by atoms with Gasteiger partial charge in [0.05, 0.1) is 6.20 Å². The van der Waals surface area contributed by atoms with Crippen molar-refractivity contribution in [2.24, 2.45) is 0 Å². The molecule has 3 heterocycles. The van der Waals surface area contributed by atoms with Gasteiger partial charge in [-0.25, -0.2) is 0 Å². The van der Waals surface area contributed by atoms with Crippen LogP contribution in [0.5, 0.6) is 17.2 Å². The number of benzene rings is 2. The quantitative estimate of drug-likeness (QED) is 0.432. The van der Waals surface area contributed by atoms with E-state index in [-0.39, 0.29) is 11.9 Å². The lowest BCUT2D eigenvalue weighted by atomic mass is 10.0. The lowest BCUT2D eigenvalue weighted by molar-refractivity contribution is -0.0498. The highest BCUT2D eigenvalue weighted by molar-refractivity contribution is 5.38. The molecule has 0 N–H and O–H groups in total. The lowest BCUT2D eigenvalue weighted by Crippen LogP contribution is -2.37. The number of piperidine rings is 1. The normalized spacial score (nSPS) is 17.3. The second-order valence-electron chi connectivity index (χ2n) is 9.31. The number of hydrogen-bond donors (Lipinski definition) is 0. The molecule has 2 aliphatic heterocycles. The van der Waals surface area contributed by atoms with E-state index in [2.05, 4.69) is 37.7 Å². The summed E-state index contributed by atoms with van der Waals surface area (Å²) in [4.78, 5) is 8.92. The molecule has 2 aromatic carbocycles. The van der Waals surface area contributed by atoms with Gasteiger partial charge in [0.15, 0.2) is 0 Å². The van der Waals surface area contributed by atoms with E-state index in [9.17, 15) is 8.78 Å². The van der Waals surface area contributed by atoms with Crippen molar-refractivity contribution in [3.8, 4) is 17.2 Å². The van der Waals surface area contributed by atoms with Gasteiger partial charge in [0.1, 0.15) is 30.0 Å². The number of rotatable bonds is 8. The van der Waals surface area contributed by atoms with Gasteiger partial charge in [0.2, 0.25) is 0 Å². The maximum Gasteiger partial charge on any atom is 0.387 e. The molecule has 2 aliphatic rings. The maximum absolute atomic E-state index is 12.4. The third-order valence-electron chi connectivity index (χ3n) is 6.62. The Bertz CT molecular complexity index is 1110. The smallest absolute Gasteiger partial charge is 0.387 e. The molecule has 5 rings (SSSR count). The van der Waals surface area contributed by atoms with Gasteiger partial charge >= 0.3 is 6.61 Å². The molecular weight excluding hydrogens is 464 g/mol. The molecule has 0 unspecified atom stereocenters. The Morgan fingerprint density at radius 1 is 0.917 bits per heavy atom. The second-order valence-corrected chi connectivity index (χ2v) is 9.31. The average molecular weight is 496 g/mol. The number of hydrogen-bond acceptors (Lipinski definition) is 6. The SMILES string of the molecule is FC(F)Oc1ccc(CN2CCOc3ccc(CN4CCC(Oc5cccnc5)CC4)cc3C2)cc1. The van der Waals surface area contributed by atoms with Gasteiger partial charge in [-0.15, -0.1) is 0 Å². The number of aromatic nitrogens is 1. The van der Waals surface area contributed by atoms with Crippen LogP contribution in [-0.2, 0) is 19.6 Å². The molecule has 1 aromatic heterocycles. The Balaban J connectivity index is 1.15. The molecule has 0 radical (unpaired) electrons. The van der Waals surface area contributed by atoms with Crippen molar-refractivity contribution >= 4 is 0 Å². The van der Waals surface area contributed by atoms with Crippen molar-refractivity contribution in [2.45, 2.75) is 45.2 Å². The van der Waals surface area contributed by atoms with Gasteiger partial charge < -0.3 is 14.2 Å². The van der Waals surface area contributed by atoms with Gasteiger partial charge in [0.25, 0.3) is 0 Å². The zero-order valence-electron chi connectivity index (χ0n) is 20.2. The molecule has 1 fully saturated rings. The first-order valence-electron chi connectivity index (χ1n) is 12.4. The molecule has 190 valence electrons. The molecule has 0 atom stereocenters. The number of nitrogens with zero attached hydrogens (tertiary/aromatic N) is 3. The topological polar surface area (TPSA) is 47.1 Å². The first kappa shape index (κ1) is 24.5. The van der Waals surface area contributed by atoms with Gasteiger partial charge in [-0.1, -0.05) is 18.2 Å². The van der Waals surface area contributed by atoms with Gasteiger partial charge in [-0.05, 0) is 60.4 Å². The molecule has 0 amide bonds. The molecule has 0 spiro atoms. The summed E-state index contributed by atoms with van der Waals surface area (Å²) >= 11 is 0. The van der Waals surface area contributed by atoms with Crippen molar-refractivity contribution in [1.82, 2.24) is 14.8 Å². The zero-order valence-corrected chi connectivity index (χ0v) is 20.2. The van der Waals surface area contributed by atoms with Gasteiger partial charge in [0, 0.05) is 51.0 Å². The molecular formula is C28H31F2N3O3. The van der Waals surface area contributed by atoms with Crippen molar-refractivity contribution in [3.05, 3.63) is 83.7 Å². The van der Waals surface area contributed by atoms with E-state index >= 15 is 0 Å². The molecule has 0 aliphatic carbocycles. The Morgan fingerprint density at radius 3 is 2.44 bits per heavy atom. The molecule has 36 heavy (non-hydrogen) atoms. The van der Waals surface area contributed by atoms with E-state index in [1.54, 1.807) is 24.5 Å². The minimum absolute atomic E-state index is 0.176. The standard InChI is InChI=1S/C28H31F2N3O3/c29-28(30)36-24-6-3-21(4-7-24)18-33-14-15-34-27-8-5-22(16-23(27)20-33)19-32-12-9-25(10-13-32)35-26-2-1-11-31-17-26/h1-8,11,16-17,25,28H,9-10,12-15,18-20H2. The average Bonchev–Trinajstić information content (AvgIpc) is 3.08. The largest absolute Gasteiger partial charge is 0.492 e. The van der Waals surface area contributed by atoms with Crippen molar-refractivity contribution in [1.29, 1.82) is 0 Å². The first-order valence-corrected chi connectivity index (χ1v) is 12.4. The van der Waals surface area contributed by atoms with E-state index in [1.807, 2.05) is 24.3 Å². The van der Waals surface area contributed by atoms with Crippen LogP contribution in [0, 0.1) is 0 Å². The predicted octanol–water partition coefficient (Wildman–Crippen LogP) is 5.12. The summed E-state index contributed by atoms with van der Waals surface area (Å²) in [6, 6.07) is 17.2. The third kappa shape index (κ3) is 6.71. The van der Waals surface area contributed by atoms with Crippen LogP contribution in [0.2, 0.25) is 0 Å². The minimum Gasteiger partial charge on any atom is -0.492 e. The number of likely N-dealkylation sites (tertiary alicyclic amines) is 1. The van der Waals surface area contributed by atoms with Crippen molar-refractivity contribution in [2.75, 3.05) is 26.2 Å². The van der Waals surface area contributed by atoms with Crippen LogP contribution in [0.1, 0.15) is 29.5 Å².